The minimum atomic E-state index is -0.0989. The van der Waals surface area contributed by atoms with Crippen molar-refractivity contribution in [2.75, 3.05) is 26.9 Å². The number of benzene rings is 1. The quantitative estimate of drug-likeness (QED) is 0.670. The molecular formula is C13H21NO3. The van der Waals surface area contributed by atoms with Crippen LogP contribution in [-0.2, 0) is 16.1 Å². The minimum Gasteiger partial charge on any atom is -0.396 e. The molecule has 0 amide bonds. The van der Waals surface area contributed by atoms with Crippen LogP contribution in [0.4, 0.5) is 0 Å². The van der Waals surface area contributed by atoms with Gasteiger partial charge in [0.05, 0.1) is 12.7 Å². The summed E-state index contributed by atoms with van der Waals surface area (Å²) in [5, 5.41) is 8.69. The molecule has 96 valence electrons. The average molecular weight is 239 g/mol. The molecule has 0 saturated carbocycles. The lowest BCUT2D eigenvalue weighted by Crippen LogP contribution is -2.16. The van der Waals surface area contributed by atoms with Crippen molar-refractivity contribution in [3.63, 3.8) is 0 Å². The van der Waals surface area contributed by atoms with Crippen LogP contribution in [0.1, 0.15) is 23.7 Å². The number of methoxy groups -OCH3 is 1. The van der Waals surface area contributed by atoms with Gasteiger partial charge < -0.3 is 20.3 Å². The average Bonchev–Trinajstić information content (AvgIpc) is 2.36. The number of aliphatic hydroxyl groups is 1. The van der Waals surface area contributed by atoms with E-state index >= 15 is 0 Å². The van der Waals surface area contributed by atoms with Gasteiger partial charge >= 0.3 is 0 Å². The van der Waals surface area contributed by atoms with Gasteiger partial charge in [-0.2, -0.15) is 0 Å². The second-order valence-electron chi connectivity index (χ2n) is 3.85. The Balaban J connectivity index is 2.55. The standard InChI is InChI=1S/C13H21NO3/c1-16-10-11-3-5-12(6-4-11)13(9-14)17-8-2-7-15/h3-6,13,15H,2,7-10,14H2,1H3. The van der Waals surface area contributed by atoms with Crippen LogP contribution in [0, 0.1) is 0 Å². The maximum absolute atomic E-state index is 8.69. The van der Waals surface area contributed by atoms with Crippen molar-refractivity contribution in [1.29, 1.82) is 0 Å². The van der Waals surface area contributed by atoms with Crippen LogP contribution in [0.3, 0.4) is 0 Å². The second-order valence-corrected chi connectivity index (χ2v) is 3.85. The summed E-state index contributed by atoms with van der Waals surface area (Å²) >= 11 is 0. The van der Waals surface area contributed by atoms with E-state index in [1.807, 2.05) is 24.3 Å². The molecule has 1 aromatic rings. The van der Waals surface area contributed by atoms with Crippen LogP contribution < -0.4 is 5.73 Å². The van der Waals surface area contributed by atoms with Gasteiger partial charge in [0.1, 0.15) is 0 Å². The van der Waals surface area contributed by atoms with Gasteiger partial charge in [0, 0.05) is 26.9 Å². The first kappa shape index (κ1) is 14.1. The van der Waals surface area contributed by atoms with Crippen molar-refractivity contribution in [3.8, 4) is 0 Å². The second kappa shape index (κ2) is 8.20. The van der Waals surface area contributed by atoms with E-state index in [4.69, 9.17) is 20.3 Å². The van der Waals surface area contributed by atoms with Crippen molar-refractivity contribution in [3.05, 3.63) is 35.4 Å². The normalized spacial score (nSPS) is 12.6. The number of ether oxygens (including phenoxy) is 2. The maximum atomic E-state index is 8.69. The zero-order chi connectivity index (χ0) is 12.5. The molecule has 1 unspecified atom stereocenters. The summed E-state index contributed by atoms with van der Waals surface area (Å²) in [4.78, 5) is 0. The summed E-state index contributed by atoms with van der Waals surface area (Å²) in [6.45, 7) is 1.72. The van der Waals surface area contributed by atoms with Gasteiger partial charge in [0.25, 0.3) is 0 Å². The fourth-order valence-electron chi connectivity index (χ4n) is 1.59. The molecule has 1 rings (SSSR count). The minimum absolute atomic E-state index is 0.0989. The molecule has 0 radical (unpaired) electrons. The third kappa shape index (κ3) is 4.83. The first-order chi connectivity index (χ1) is 8.31. The highest BCUT2D eigenvalue weighted by molar-refractivity contribution is 5.24. The molecule has 0 fully saturated rings. The summed E-state index contributed by atoms with van der Waals surface area (Å²) in [7, 11) is 1.68. The van der Waals surface area contributed by atoms with Crippen molar-refractivity contribution >= 4 is 0 Å². The van der Waals surface area contributed by atoms with Crippen LogP contribution in [0.2, 0.25) is 0 Å². The first-order valence-electron chi connectivity index (χ1n) is 5.82. The monoisotopic (exact) mass is 239 g/mol. The van der Waals surface area contributed by atoms with Crippen molar-refractivity contribution in [2.24, 2.45) is 5.73 Å². The van der Waals surface area contributed by atoms with Crippen LogP contribution in [0.5, 0.6) is 0 Å². The van der Waals surface area contributed by atoms with E-state index in [0.717, 1.165) is 11.1 Å². The topological polar surface area (TPSA) is 64.7 Å². The molecule has 0 aliphatic carbocycles. The van der Waals surface area contributed by atoms with Crippen molar-refractivity contribution in [2.45, 2.75) is 19.1 Å². The number of hydrogen-bond acceptors (Lipinski definition) is 4. The molecule has 3 N–H and O–H groups in total. The van der Waals surface area contributed by atoms with Crippen LogP contribution in [-0.4, -0.2) is 32.0 Å². The molecule has 0 aliphatic heterocycles. The fourth-order valence-corrected chi connectivity index (χ4v) is 1.59. The number of nitrogens with two attached hydrogens (primary N) is 1. The van der Waals surface area contributed by atoms with Gasteiger partial charge in [0.2, 0.25) is 0 Å². The fraction of sp³-hybridized carbons (Fsp3) is 0.538. The summed E-state index contributed by atoms with van der Waals surface area (Å²) in [6, 6.07) is 8.03. The summed E-state index contributed by atoms with van der Waals surface area (Å²) in [5.41, 5.74) is 7.86. The largest absolute Gasteiger partial charge is 0.396 e. The molecule has 1 aromatic carbocycles. The molecule has 17 heavy (non-hydrogen) atoms. The third-order valence-corrected chi connectivity index (χ3v) is 2.50. The van der Waals surface area contributed by atoms with Gasteiger partial charge in [-0.25, -0.2) is 0 Å². The van der Waals surface area contributed by atoms with Crippen LogP contribution >= 0.6 is 0 Å². The molecule has 0 spiro atoms. The Labute approximate surface area is 102 Å². The molecule has 0 aromatic heterocycles. The Morgan fingerprint density at radius 3 is 2.53 bits per heavy atom. The Hall–Kier alpha value is -0.940. The number of rotatable bonds is 8. The molecule has 1 atom stereocenters. The molecule has 0 heterocycles. The van der Waals surface area contributed by atoms with Gasteiger partial charge in [0.15, 0.2) is 0 Å². The molecule has 4 nitrogen and oxygen atoms in total. The predicted molar refractivity (Wildman–Crippen MR) is 66.6 cm³/mol. The van der Waals surface area contributed by atoms with E-state index in [9.17, 15) is 0 Å². The molecule has 0 aliphatic rings. The number of hydrogen-bond donors (Lipinski definition) is 2. The molecule has 0 bridgehead atoms. The summed E-state index contributed by atoms with van der Waals surface area (Å²) in [6.07, 6.45) is 0.538. The molecule has 0 saturated heterocycles. The zero-order valence-corrected chi connectivity index (χ0v) is 10.3. The van der Waals surface area contributed by atoms with E-state index in [0.29, 0.717) is 26.2 Å². The summed E-state index contributed by atoms with van der Waals surface area (Å²) < 4.78 is 10.7. The van der Waals surface area contributed by atoms with Crippen molar-refractivity contribution < 1.29 is 14.6 Å². The SMILES string of the molecule is COCc1ccc(C(CN)OCCCO)cc1. The zero-order valence-electron chi connectivity index (χ0n) is 10.3. The highest BCUT2D eigenvalue weighted by atomic mass is 16.5. The maximum Gasteiger partial charge on any atom is 0.0947 e. The van der Waals surface area contributed by atoms with E-state index in [1.54, 1.807) is 7.11 Å². The van der Waals surface area contributed by atoms with Crippen LogP contribution in [0.25, 0.3) is 0 Å². The van der Waals surface area contributed by atoms with Gasteiger partial charge in [-0.1, -0.05) is 24.3 Å². The smallest absolute Gasteiger partial charge is 0.0947 e. The van der Waals surface area contributed by atoms with E-state index < -0.39 is 0 Å². The van der Waals surface area contributed by atoms with Gasteiger partial charge in [-0.3, -0.25) is 0 Å². The lowest BCUT2D eigenvalue weighted by molar-refractivity contribution is 0.0488. The molecular weight excluding hydrogens is 218 g/mol. The van der Waals surface area contributed by atoms with E-state index in [1.165, 1.54) is 0 Å². The van der Waals surface area contributed by atoms with E-state index in [-0.39, 0.29) is 12.7 Å². The molecule has 4 heteroatoms. The number of aliphatic hydroxyl groups excluding tert-OH is 1. The van der Waals surface area contributed by atoms with E-state index in [2.05, 4.69) is 0 Å². The summed E-state index contributed by atoms with van der Waals surface area (Å²) in [5.74, 6) is 0. The Kier molecular flexibility index (Phi) is 6.81. The highest BCUT2D eigenvalue weighted by Gasteiger charge is 2.09. The van der Waals surface area contributed by atoms with Gasteiger partial charge in [-0.15, -0.1) is 0 Å². The first-order valence-corrected chi connectivity index (χ1v) is 5.82. The lowest BCUT2D eigenvalue weighted by atomic mass is 10.1. The predicted octanol–water partition coefficient (Wildman–Crippen LogP) is 1.23. The Bertz CT molecular complexity index is 300. The lowest BCUT2D eigenvalue weighted by Gasteiger charge is -2.16. The van der Waals surface area contributed by atoms with Crippen LogP contribution in [0.15, 0.2) is 24.3 Å². The van der Waals surface area contributed by atoms with Gasteiger partial charge in [-0.05, 0) is 17.5 Å². The van der Waals surface area contributed by atoms with Crippen molar-refractivity contribution in [1.82, 2.24) is 0 Å². The Morgan fingerprint density at radius 1 is 1.29 bits per heavy atom. The third-order valence-electron chi connectivity index (χ3n) is 2.50. The Morgan fingerprint density at radius 2 is 2.00 bits per heavy atom. The highest BCUT2D eigenvalue weighted by Crippen LogP contribution is 2.17.